The summed E-state index contributed by atoms with van der Waals surface area (Å²) < 4.78 is 10.6. The minimum atomic E-state index is -0.798. The number of ether oxygens (including phenoxy) is 2. The molecule has 5 nitrogen and oxygen atoms in total. The molecule has 0 aromatic rings. The van der Waals surface area contributed by atoms with Gasteiger partial charge in [0.15, 0.2) is 6.10 Å². The number of esters is 2. The van der Waals surface area contributed by atoms with Crippen molar-refractivity contribution in [3.63, 3.8) is 0 Å². The Kier molecular flexibility index (Phi) is 36.2. The van der Waals surface area contributed by atoms with Crippen molar-refractivity contribution < 1.29 is 24.2 Å². The second-order valence-corrected chi connectivity index (χ2v) is 12.3. The fourth-order valence-corrected chi connectivity index (χ4v) is 4.78. The zero-order valence-electron chi connectivity index (χ0n) is 30.7. The first-order valence-electron chi connectivity index (χ1n) is 19.1. The van der Waals surface area contributed by atoms with Crippen molar-refractivity contribution in [1.82, 2.24) is 0 Å². The van der Waals surface area contributed by atoms with Gasteiger partial charge in [-0.15, -0.1) is 0 Å². The third kappa shape index (κ3) is 35.9. The fourth-order valence-electron chi connectivity index (χ4n) is 4.78. The Morgan fingerprint density at radius 3 is 1.33 bits per heavy atom. The predicted molar refractivity (Wildman–Crippen MR) is 205 cm³/mol. The first kappa shape index (κ1) is 45.1. The van der Waals surface area contributed by atoms with E-state index in [1.807, 2.05) is 0 Å². The summed E-state index contributed by atoms with van der Waals surface area (Å²) in [4.78, 5) is 24.2. The zero-order chi connectivity index (χ0) is 35.0. The van der Waals surface area contributed by atoms with Crippen LogP contribution in [0.1, 0.15) is 155 Å². The molecule has 5 heteroatoms. The number of allylic oxidation sites excluding steroid dienone is 14. The van der Waals surface area contributed by atoms with Gasteiger partial charge in [0, 0.05) is 12.8 Å². The number of carbonyl (C=O) groups excluding carboxylic acids is 2. The molecule has 272 valence electrons. The van der Waals surface area contributed by atoms with Gasteiger partial charge in [0.25, 0.3) is 0 Å². The van der Waals surface area contributed by atoms with Crippen molar-refractivity contribution in [3.8, 4) is 0 Å². The van der Waals surface area contributed by atoms with E-state index >= 15 is 0 Å². The first-order valence-corrected chi connectivity index (χ1v) is 19.1. The van der Waals surface area contributed by atoms with E-state index in [-0.39, 0.29) is 25.2 Å². The lowest BCUT2D eigenvalue weighted by molar-refractivity contribution is -0.161. The van der Waals surface area contributed by atoms with E-state index in [2.05, 4.69) is 98.9 Å². The second kappa shape index (κ2) is 38.5. The summed E-state index contributed by atoms with van der Waals surface area (Å²) in [5.41, 5.74) is 0. The molecule has 0 unspecified atom stereocenters. The molecule has 0 spiro atoms. The van der Waals surface area contributed by atoms with Crippen LogP contribution in [0.3, 0.4) is 0 Å². The molecule has 0 rings (SSSR count). The molecule has 0 saturated heterocycles. The van der Waals surface area contributed by atoms with Gasteiger partial charge in [0.1, 0.15) is 6.61 Å². The molecule has 0 aromatic carbocycles. The quantitative estimate of drug-likeness (QED) is 0.0429. The van der Waals surface area contributed by atoms with Gasteiger partial charge >= 0.3 is 11.9 Å². The molecule has 0 aliphatic carbocycles. The van der Waals surface area contributed by atoms with Crippen LogP contribution >= 0.6 is 0 Å². The Labute approximate surface area is 295 Å². The lowest BCUT2D eigenvalue weighted by atomic mass is 10.1. The van der Waals surface area contributed by atoms with Crippen LogP contribution in [0.15, 0.2) is 85.1 Å². The monoisotopic (exact) mass is 667 g/mol. The Morgan fingerprint density at radius 1 is 0.500 bits per heavy atom. The van der Waals surface area contributed by atoms with Crippen LogP contribution in [0.2, 0.25) is 0 Å². The number of hydrogen-bond acceptors (Lipinski definition) is 5. The van der Waals surface area contributed by atoms with Gasteiger partial charge in [-0.1, -0.05) is 137 Å². The largest absolute Gasteiger partial charge is 0.462 e. The Bertz CT molecular complexity index is 937. The zero-order valence-corrected chi connectivity index (χ0v) is 30.7. The number of aliphatic hydroxyl groups excluding tert-OH is 1. The number of aliphatic hydroxyl groups is 1. The molecule has 0 saturated carbocycles. The number of rotatable bonds is 33. The average Bonchev–Trinajstić information content (AvgIpc) is 3.09. The molecule has 0 heterocycles. The molecule has 0 radical (unpaired) electrons. The lowest BCUT2D eigenvalue weighted by Gasteiger charge is -2.15. The highest BCUT2D eigenvalue weighted by molar-refractivity contribution is 5.70. The van der Waals surface area contributed by atoms with Crippen LogP contribution in [0.25, 0.3) is 0 Å². The van der Waals surface area contributed by atoms with Crippen molar-refractivity contribution in [2.24, 2.45) is 0 Å². The van der Waals surface area contributed by atoms with Gasteiger partial charge in [0.2, 0.25) is 0 Å². The van der Waals surface area contributed by atoms with E-state index in [0.29, 0.717) is 12.8 Å². The highest BCUT2D eigenvalue weighted by Gasteiger charge is 2.16. The molecular formula is C43H70O5. The summed E-state index contributed by atoms with van der Waals surface area (Å²) in [7, 11) is 0. The molecule has 1 atom stereocenters. The van der Waals surface area contributed by atoms with Crippen molar-refractivity contribution in [2.75, 3.05) is 13.2 Å². The molecule has 0 fully saturated rings. The first-order chi connectivity index (χ1) is 23.6. The van der Waals surface area contributed by atoms with Gasteiger partial charge in [-0.25, -0.2) is 0 Å². The van der Waals surface area contributed by atoms with E-state index in [9.17, 15) is 14.7 Å². The van der Waals surface area contributed by atoms with Crippen molar-refractivity contribution >= 4 is 11.9 Å². The van der Waals surface area contributed by atoms with Gasteiger partial charge in [0.05, 0.1) is 6.61 Å². The molecule has 1 N–H and O–H groups in total. The third-order valence-corrected chi connectivity index (χ3v) is 7.67. The predicted octanol–water partition coefficient (Wildman–Crippen LogP) is 11.9. The van der Waals surface area contributed by atoms with Crippen molar-refractivity contribution in [2.45, 2.75) is 161 Å². The van der Waals surface area contributed by atoms with Gasteiger partial charge in [-0.05, 0) is 89.9 Å². The normalized spacial score (nSPS) is 13.1. The molecule has 0 amide bonds. The summed E-state index contributed by atoms with van der Waals surface area (Å²) in [6.45, 7) is 3.93. The highest BCUT2D eigenvalue weighted by Crippen LogP contribution is 2.10. The summed E-state index contributed by atoms with van der Waals surface area (Å²) in [5, 5.41) is 9.54. The van der Waals surface area contributed by atoms with Crippen molar-refractivity contribution in [1.29, 1.82) is 0 Å². The van der Waals surface area contributed by atoms with E-state index in [4.69, 9.17) is 9.47 Å². The number of unbranched alkanes of at least 4 members (excludes halogenated alkanes) is 11. The van der Waals surface area contributed by atoms with E-state index in [0.717, 1.165) is 103 Å². The lowest BCUT2D eigenvalue weighted by Crippen LogP contribution is -2.28. The maximum Gasteiger partial charge on any atom is 0.306 e. The topological polar surface area (TPSA) is 72.8 Å². The third-order valence-electron chi connectivity index (χ3n) is 7.67. The Morgan fingerprint density at radius 2 is 0.896 bits per heavy atom. The second-order valence-electron chi connectivity index (χ2n) is 12.3. The highest BCUT2D eigenvalue weighted by atomic mass is 16.6. The number of carbonyl (C=O) groups is 2. The van der Waals surface area contributed by atoms with Crippen LogP contribution < -0.4 is 0 Å². The van der Waals surface area contributed by atoms with E-state index < -0.39 is 6.10 Å². The average molecular weight is 667 g/mol. The Balaban J connectivity index is 3.69. The molecular weight excluding hydrogens is 596 g/mol. The Hall–Kier alpha value is -2.92. The van der Waals surface area contributed by atoms with Crippen LogP contribution in [-0.4, -0.2) is 36.4 Å². The smallest absolute Gasteiger partial charge is 0.306 e. The van der Waals surface area contributed by atoms with Crippen LogP contribution in [0.5, 0.6) is 0 Å². The summed E-state index contributed by atoms with van der Waals surface area (Å²) >= 11 is 0. The summed E-state index contributed by atoms with van der Waals surface area (Å²) in [6.07, 6.45) is 52.0. The van der Waals surface area contributed by atoms with Crippen molar-refractivity contribution in [3.05, 3.63) is 85.1 Å². The van der Waals surface area contributed by atoms with Gasteiger partial charge in [-0.3, -0.25) is 9.59 Å². The minimum Gasteiger partial charge on any atom is -0.462 e. The molecule has 0 bridgehead atoms. The minimum absolute atomic E-state index is 0.0931. The van der Waals surface area contributed by atoms with Gasteiger partial charge in [-0.2, -0.15) is 0 Å². The van der Waals surface area contributed by atoms with Crippen LogP contribution in [-0.2, 0) is 19.1 Å². The maximum absolute atomic E-state index is 12.2. The van der Waals surface area contributed by atoms with Gasteiger partial charge < -0.3 is 14.6 Å². The maximum atomic E-state index is 12.2. The SMILES string of the molecule is CC/C=C\C/C=C\C/C=C\C/C=C\CCCCCCC(=O)OC[C@H](CO)OC(=O)CCCCCC/C=C\C/C=C\C/C=C\CCCCC. The molecule has 0 aliphatic rings. The van der Waals surface area contributed by atoms with E-state index in [1.165, 1.54) is 25.7 Å². The van der Waals surface area contributed by atoms with Crippen LogP contribution in [0, 0.1) is 0 Å². The molecule has 0 aliphatic heterocycles. The van der Waals surface area contributed by atoms with E-state index in [1.54, 1.807) is 0 Å². The standard InChI is InChI=1S/C43H70O5/c1-3-5-7-9-11-13-15-17-19-21-23-25-27-29-31-33-35-37-42(45)47-40-41(39-44)48-43(46)38-36-34-32-30-28-26-24-22-20-18-16-14-12-10-8-6-4-2/h5,7,11-14,17-20,23-26,41,44H,3-4,6,8-10,15-16,21-22,27-40H2,1-2H3/b7-5-,13-11-,14-12-,19-17-,20-18-,25-23-,26-24-/t41-/m0/s1. The molecule has 0 aromatic heterocycles. The summed E-state index contributed by atoms with van der Waals surface area (Å²) in [6, 6.07) is 0. The molecule has 48 heavy (non-hydrogen) atoms. The number of hydrogen-bond donors (Lipinski definition) is 1. The fraction of sp³-hybridized carbons (Fsp3) is 0.628. The van der Waals surface area contributed by atoms with Crippen LogP contribution in [0.4, 0.5) is 0 Å². The summed E-state index contributed by atoms with van der Waals surface area (Å²) in [5.74, 6) is -0.653.